The van der Waals surface area contributed by atoms with Crippen LogP contribution < -0.4 is 0 Å². The largest absolute Gasteiger partial charge is 0.481 e. The van der Waals surface area contributed by atoms with Crippen molar-refractivity contribution in [2.24, 2.45) is 0 Å². The molecule has 2 nitrogen and oxygen atoms in total. The number of carboxylic acid groups (broad SMARTS) is 1. The summed E-state index contributed by atoms with van der Waals surface area (Å²) in [7, 11) is 0. The van der Waals surface area contributed by atoms with Crippen molar-refractivity contribution in [3.05, 3.63) is 0 Å². The molecule has 0 bridgehead atoms. The van der Waals surface area contributed by atoms with E-state index in [2.05, 4.69) is 0 Å². The minimum absolute atomic E-state index is 0. The molecule has 0 saturated heterocycles. The maximum Gasteiger partial charge on any atom is 0.304 e. The Morgan fingerprint density at radius 1 is 1.71 bits per heavy atom. The van der Waals surface area contributed by atoms with Crippen LogP contribution in [0.1, 0.15) is 6.42 Å². The molecule has 0 heterocycles. The van der Waals surface area contributed by atoms with Gasteiger partial charge in [0.1, 0.15) is 0 Å². The van der Waals surface area contributed by atoms with Gasteiger partial charge in [-0.1, -0.05) is 0 Å². The van der Waals surface area contributed by atoms with Gasteiger partial charge in [-0.25, -0.2) is 0 Å². The number of hydrogen-bond donors (Lipinski definition) is 1. The first-order chi connectivity index (χ1) is 2.77. The summed E-state index contributed by atoms with van der Waals surface area (Å²) in [6.45, 7) is 0. The monoisotopic (exact) mass is 222 g/mol. The summed E-state index contributed by atoms with van der Waals surface area (Å²) in [6, 6.07) is 0. The molecule has 0 aliphatic heterocycles. The number of carboxylic acids is 1. The minimum Gasteiger partial charge on any atom is -0.481 e. The molecule has 0 aliphatic rings. The quantitative estimate of drug-likeness (QED) is 0.550. The number of aliphatic carboxylic acids is 1. The Morgan fingerprint density at radius 2 is 2.14 bits per heavy atom. The molecule has 0 aromatic rings. The van der Waals surface area contributed by atoms with Crippen LogP contribution in [0.4, 0.5) is 0 Å². The molecule has 0 unspecified atom stereocenters. The topological polar surface area (TPSA) is 37.3 Å². The van der Waals surface area contributed by atoms with Crippen molar-refractivity contribution in [2.45, 2.75) is 6.42 Å². The predicted octanol–water partition coefficient (Wildman–Crippen LogP) is 0.697. The Kier molecular flexibility index (Phi) is 10.1. The molecule has 0 rings (SSSR count). The summed E-state index contributed by atoms with van der Waals surface area (Å²) >= 11 is 5.02. The third-order valence-corrected chi connectivity index (χ3v) is 0.497. The van der Waals surface area contributed by atoms with E-state index in [1.165, 1.54) is 0 Å². The molecular weight excluding hydrogens is 216 g/mol. The van der Waals surface area contributed by atoms with Crippen molar-refractivity contribution < 1.29 is 37.2 Å². The Hall–Kier alpha value is 0.682. The average molecular weight is 221 g/mol. The first-order valence-corrected chi connectivity index (χ1v) is 2.08. The van der Waals surface area contributed by atoms with Crippen LogP contribution in [0.15, 0.2) is 0 Å². The molecule has 38 valence electrons. The van der Waals surface area contributed by atoms with Crippen molar-refractivity contribution in [2.75, 3.05) is 5.88 Å². The molecular formula is C3H5CdClO2. The predicted molar refractivity (Wildman–Crippen MR) is 23.0 cm³/mol. The average Bonchev–Trinajstić information content (AvgIpc) is 1.35. The third kappa shape index (κ3) is 10.8. The Labute approximate surface area is 67.0 Å². The maximum atomic E-state index is 9.51. The maximum absolute atomic E-state index is 9.51. The summed E-state index contributed by atoms with van der Waals surface area (Å²) in [5.41, 5.74) is 0. The van der Waals surface area contributed by atoms with Gasteiger partial charge in [-0.15, -0.1) is 11.6 Å². The van der Waals surface area contributed by atoms with Crippen molar-refractivity contribution in [3.63, 3.8) is 0 Å². The van der Waals surface area contributed by atoms with Gasteiger partial charge >= 0.3 is 5.97 Å². The van der Waals surface area contributed by atoms with Crippen LogP contribution in [0.25, 0.3) is 0 Å². The van der Waals surface area contributed by atoms with Crippen LogP contribution >= 0.6 is 11.6 Å². The third-order valence-electron chi connectivity index (χ3n) is 0.308. The van der Waals surface area contributed by atoms with Gasteiger partial charge in [-0.2, -0.15) is 0 Å². The molecule has 0 amide bonds. The van der Waals surface area contributed by atoms with Crippen LogP contribution in [-0.2, 0) is 32.1 Å². The van der Waals surface area contributed by atoms with E-state index in [1.54, 1.807) is 0 Å². The van der Waals surface area contributed by atoms with Crippen LogP contribution in [-0.4, -0.2) is 17.0 Å². The number of halogens is 1. The van der Waals surface area contributed by atoms with Crippen molar-refractivity contribution in [1.82, 2.24) is 0 Å². The van der Waals surface area contributed by atoms with E-state index in [0.717, 1.165) is 0 Å². The first kappa shape index (κ1) is 10.6. The number of alkyl halides is 1. The minimum atomic E-state index is -0.843. The fourth-order valence-corrected chi connectivity index (χ4v) is 0.243. The smallest absolute Gasteiger partial charge is 0.304 e. The molecule has 7 heavy (non-hydrogen) atoms. The van der Waals surface area contributed by atoms with Gasteiger partial charge in [0, 0.05) is 33.2 Å². The second-order valence-electron chi connectivity index (χ2n) is 0.833. The second-order valence-corrected chi connectivity index (χ2v) is 1.21. The van der Waals surface area contributed by atoms with Gasteiger partial charge in [0.05, 0.1) is 6.42 Å². The van der Waals surface area contributed by atoms with Crippen molar-refractivity contribution >= 4 is 17.6 Å². The number of hydrogen-bond acceptors (Lipinski definition) is 1. The summed E-state index contributed by atoms with van der Waals surface area (Å²) in [6.07, 6.45) is 0.0571. The van der Waals surface area contributed by atoms with Crippen LogP contribution in [0.5, 0.6) is 0 Å². The fraction of sp³-hybridized carbons (Fsp3) is 0.667. The number of carbonyl (C=O) groups is 1. The van der Waals surface area contributed by atoms with E-state index >= 15 is 0 Å². The summed E-state index contributed by atoms with van der Waals surface area (Å²) < 4.78 is 0. The van der Waals surface area contributed by atoms with Gasteiger partial charge in [-0.3, -0.25) is 4.79 Å². The normalized spacial score (nSPS) is 7.00. The molecule has 0 atom stereocenters. The molecule has 0 aromatic carbocycles. The Morgan fingerprint density at radius 3 is 2.14 bits per heavy atom. The van der Waals surface area contributed by atoms with Crippen molar-refractivity contribution in [1.29, 1.82) is 0 Å². The zero-order valence-electron chi connectivity index (χ0n) is 3.85. The first-order valence-electron chi connectivity index (χ1n) is 1.55. The molecule has 0 saturated carbocycles. The summed E-state index contributed by atoms with van der Waals surface area (Å²) in [5.74, 6) is -0.639. The number of rotatable bonds is 2. The Bertz CT molecular complexity index is 56.9. The van der Waals surface area contributed by atoms with E-state index in [-0.39, 0.29) is 39.6 Å². The summed E-state index contributed by atoms with van der Waals surface area (Å²) in [5, 5.41) is 7.83. The second kappa shape index (κ2) is 6.68. The summed E-state index contributed by atoms with van der Waals surface area (Å²) in [4.78, 5) is 9.51. The van der Waals surface area contributed by atoms with Crippen molar-refractivity contribution in [3.8, 4) is 0 Å². The molecule has 4 heteroatoms. The van der Waals surface area contributed by atoms with E-state index in [9.17, 15) is 4.79 Å². The van der Waals surface area contributed by atoms with Gasteiger partial charge < -0.3 is 5.11 Å². The zero-order chi connectivity index (χ0) is 4.99. The fourth-order valence-electron chi connectivity index (χ4n) is 0.0808. The van der Waals surface area contributed by atoms with Crippen LogP contribution in [0.3, 0.4) is 0 Å². The van der Waals surface area contributed by atoms with Gasteiger partial charge in [0.25, 0.3) is 0 Å². The van der Waals surface area contributed by atoms with E-state index < -0.39 is 5.97 Å². The standard InChI is InChI=1S/C3H5ClO2.Cd/c4-2-1-3(5)6;/h1-2H2,(H,5,6);. The van der Waals surface area contributed by atoms with E-state index in [4.69, 9.17) is 16.7 Å². The van der Waals surface area contributed by atoms with E-state index in [1.807, 2.05) is 0 Å². The van der Waals surface area contributed by atoms with Gasteiger partial charge in [-0.05, 0) is 0 Å². The molecule has 0 fully saturated rings. The molecule has 0 radical (unpaired) electrons. The van der Waals surface area contributed by atoms with Crippen LogP contribution in [0.2, 0.25) is 0 Å². The Balaban J connectivity index is 0. The molecule has 0 spiro atoms. The van der Waals surface area contributed by atoms with Crippen LogP contribution in [0, 0.1) is 0 Å². The SMILES string of the molecule is O=C(O)CCCl.[Cd]. The van der Waals surface area contributed by atoms with Gasteiger partial charge in [0.15, 0.2) is 0 Å². The molecule has 0 aliphatic carbocycles. The molecule has 0 aromatic heterocycles. The van der Waals surface area contributed by atoms with E-state index in [0.29, 0.717) is 0 Å². The zero-order valence-corrected chi connectivity index (χ0v) is 8.65. The van der Waals surface area contributed by atoms with Gasteiger partial charge in [0.2, 0.25) is 0 Å². The molecule has 1 N–H and O–H groups in total.